The summed E-state index contributed by atoms with van der Waals surface area (Å²) in [4.78, 5) is 28.3. The van der Waals surface area contributed by atoms with Crippen molar-refractivity contribution >= 4 is 23.2 Å². The van der Waals surface area contributed by atoms with Crippen LogP contribution in [-0.4, -0.2) is 40.7 Å². The molecule has 0 radical (unpaired) electrons. The maximum atomic E-state index is 12.7. The van der Waals surface area contributed by atoms with Gasteiger partial charge in [0.25, 0.3) is 5.91 Å². The minimum atomic E-state index is -0.937. The quantitative estimate of drug-likeness (QED) is 0.754. The number of aryl methyl sites for hydroxylation is 1. The van der Waals surface area contributed by atoms with Crippen molar-refractivity contribution in [2.24, 2.45) is 0 Å². The van der Waals surface area contributed by atoms with Gasteiger partial charge in [0.05, 0.1) is 22.7 Å². The molecular weight excluding hydrogens is 368 g/mol. The first kappa shape index (κ1) is 19.3. The predicted octanol–water partition coefficient (Wildman–Crippen LogP) is 2.78. The van der Waals surface area contributed by atoms with Gasteiger partial charge < -0.3 is 19.9 Å². The molecule has 2 aromatic rings. The number of thiazole rings is 1. The molecule has 3 rings (SSSR count). The molecule has 2 N–H and O–H groups in total. The van der Waals surface area contributed by atoms with Crippen LogP contribution >= 0.6 is 11.3 Å². The molecule has 2 heterocycles. The number of hydrogen-bond donors (Lipinski definition) is 2. The molecule has 1 fully saturated rings. The Morgan fingerprint density at radius 2 is 2.15 bits per heavy atom. The summed E-state index contributed by atoms with van der Waals surface area (Å²) in [6.07, 6.45) is 0.830. The SMILES string of the molecule is Cc1nc(COc2cccc(C(=O)NC3(CC(=O)O)CCOCC3)c2)cs1. The van der Waals surface area contributed by atoms with Crippen molar-refractivity contribution in [3.63, 3.8) is 0 Å². The van der Waals surface area contributed by atoms with Gasteiger partial charge in [-0.1, -0.05) is 6.07 Å². The molecule has 0 aliphatic carbocycles. The Labute approximate surface area is 161 Å². The van der Waals surface area contributed by atoms with E-state index in [0.29, 0.717) is 44.0 Å². The van der Waals surface area contributed by atoms with Crippen LogP contribution in [0.2, 0.25) is 0 Å². The fourth-order valence-electron chi connectivity index (χ4n) is 3.07. The third-order valence-electron chi connectivity index (χ3n) is 4.47. The summed E-state index contributed by atoms with van der Waals surface area (Å²) in [7, 11) is 0. The maximum absolute atomic E-state index is 12.7. The molecule has 144 valence electrons. The van der Waals surface area contributed by atoms with Crippen LogP contribution in [0.4, 0.5) is 0 Å². The van der Waals surface area contributed by atoms with Gasteiger partial charge in [0.1, 0.15) is 12.4 Å². The van der Waals surface area contributed by atoms with E-state index in [2.05, 4.69) is 10.3 Å². The molecule has 0 saturated carbocycles. The number of amides is 1. The minimum Gasteiger partial charge on any atom is -0.487 e. The van der Waals surface area contributed by atoms with Crippen molar-refractivity contribution < 1.29 is 24.2 Å². The highest BCUT2D eigenvalue weighted by Crippen LogP contribution is 2.26. The van der Waals surface area contributed by atoms with E-state index in [9.17, 15) is 14.7 Å². The molecule has 1 aromatic heterocycles. The lowest BCUT2D eigenvalue weighted by Gasteiger charge is -2.36. The van der Waals surface area contributed by atoms with Crippen LogP contribution in [0.3, 0.4) is 0 Å². The fraction of sp³-hybridized carbons (Fsp3) is 0.421. The second-order valence-corrected chi connectivity index (χ2v) is 7.65. The Balaban J connectivity index is 1.67. The van der Waals surface area contributed by atoms with Gasteiger partial charge in [-0.2, -0.15) is 0 Å². The standard InChI is InChI=1S/C19H22N2O5S/c1-13-20-15(12-27-13)11-26-16-4-2-3-14(9-16)18(24)21-19(10-17(22)23)5-7-25-8-6-19/h2-4,9,12H,5-8,10-11H2,1H3,(H,21,24)(H,22,23). The third-order valence-corrected chi connectivity index (χ3v) is 5.29. The maximum Gasteiger partial charge on any atom is 0.305 e. The van der Waals surface area contributed by atoms with Crippen molar-refractivity contribution in [2.75, 3.05) is 13.2 Å². The van der Waals surface area contributed by atoms with Crippen LogP contribution in [-0.2, 0) is 16.1 Å². The number of carboxylic acid groups (broad SMARTS) is 1. The molecule has 0 atom stereocenters. The van der Waals surface area contributed by atoms with Gasteiger partial charge in [0.2, 0.25) is 0 Å². The van der Waals surface area contributed by atoms with Crippen molar-refractivity contribution in [3.8, 4) is 5.75 Å². The lowest BCUT2D eigenvalue weighted by atomic mass is 9.86. The smallest absolute Gasteiger partial charge is 0.305 e. The van der Waals surface area contributed by atoms with Gasteiger partial charge in [-0.05, 0) is 38.0 Å². The normalized spacial score (nSPS) is 15.9. The molecule has 1 aliphatic rings. The van der Waals surface area contributed by atoms with E-state index in [-0.39, 0.29) is 12.3 Å². The molecule has 1 saturated heterocycles. The molecular formula is C19H22N2O5S. The highest BCUT2D eigenvalue weighted by atomic mass is 32.1. The number of carboxylic acids is 1. The number of hydrogen-bond acceptors (Lipinski definition) is 6. The molecule has 0 unspecified atom stereocenters. The zero-order valence-electron chi connectivity index (χ0n) is 15.1. The molecule has 1 aromatic carbocycles. The van der Waals surface area contributed by atoms with Gasteiger partial charge in [0.15, 0.2) is 0 Å². The Morgan fingerprint density at radius 3 is 2.81 bits per heavy atom. The van der Waals surface area contributed by atoms with E-state index in [0.717, 1.165) is 10.7 Å². The molecule has 0 bridgehead atoms. The minimum absolute atomic E-state index is 0.124. The molecule has 27 heavy (non-hydrogen) atoms. The average Bonchev–Trinajstić information content (AvgIpc) is 3.05. The van der Waals surface area contributed by atoms with Crippen LogP contribution in [0.5, 0.6) is 5.75 Å². The summed E-state index contributed by atoms with van der Waals surface area (Å²) in [6.45, 7) is 3.13. The number of aromatic nitrogens is 1. The summed E-state index contributed by atoms with van der Waals surface area (Å²) in [5.41, 5.74) is 0.490. The van der Waals surface area contributed by atoms with Gasteiger partial charge in [-0.3, -0.25) is 9.59 Å². The van der Waals surface area contributed by atoms with Crippen LogP contribution < -0.4 is 10.1 Å². The van der Waals surface area contributed by atoms with Crippen LogP contribution in [0.1, 0.15) is 40.3 Å². The van der Waals surface area contributed by atoms with E-state index in [1.54, 1.807) is 35.6 Å². The van der Waals surface area contributed by atoms with E-state index >= 15 is 0 Å². The first-order valence-corrected chi connectivity index (χ1v) is 9.60. The Bertz CT molecular complexity index is 814. The number of benzene rings is 1. The summed E-state index contributed by atoms with van der Waals surface area (Å²) >= 11 is 1.56. The van der Waals surface area contributed by atoms with E-state index in [4.69, 9.17) is 9.47 Å². The van der Waals surface area contributed by atoms with Crippen LogP contribution in [0.25, 0.3) is 0 Å². The number of aliphatic carboxylic acids is 1. The topological polar surface area (TPSA) is 97.8 Å². The molecule has 7 nitrogen and oxygen atoms in total. The van der Waals surface area contributed by atoms with Crippen molar-refractivity contribution in [3.05, 3.63) is 45.9 Å². The van der Waals surface area contributed by atoms with E-state index in [1.807, 2.05) is 12.3 Å². The first-order valence-electron chi connectivity index (χ1n) is 8.72. The van der Waals surface area contributed by atoms with Crippen molar-refractivity contribution in [2.45, 2.75) is 38.3 Å². The Hall–Kier alpha value is -2.45. The number of nitrogens with zero attached hydrogens (tertiary/aromatic N) is 1. The summed E-state index contributed by atoms with van der Waals surface area (Å²) < 4.78 is 11.0. The number of rotatable bonds is 7. The lowest BCUT2D eigenvalue weighted by molar-refractivity contribution is -0.139. The second kappa shape index (κ2) is 8.49. The van der Waals surface area contributed by atoms with Crippen molar-refractivity contribution in [1.82, 2.24) is 10.3 Å². The van der Waals surface area contributed by atoms with E-state index < -0.39 is 11.5 Å². The summed E-state index contributed by atoms with van der Waals surface area (Å²) in [5.74, 6) is -0.687. The molecule has 8 heteroatoms. The number of nitrogens with one attached hydrogen (secondary N) is 1. The van der Waals surface area contributed by atoms with Crippen LogP contribution in [0.15, 0.2) is 29.6 Å². The fourth-order valence-corrected chi connectivity index (χ4v) is 3.67. The van der Waals surface area contributed by atoms with E-state index in [1.165, 1.54) is 0 Å². The first-order chi connectivity index (χ1) is 13.0. The molecule has 0 spiro atoms. The third kappa shape index (κ3) is 5.27. The second-order valence-electron chi connectivity index (χ2n) is 6.59. The molecule has 1 aliphatic heterocycles. The number of carbonyl (C=O) groups is 2. The highest BCUT2D eigenvalue weighted by Gasteiger charge is 2.36. The van der Waals surface area contributed by atoms with Crippen molar-refractivity contribution in [1.29, 1.82) is 0 Å². The average molecular weight is 390 g/mol. The zero-order chi connectivity index (χ0) is 19.3. The van der Waals surface area contributed by atoms with Crippen LogP contribution in [0, 0.1) is 6.92 Å². The van der Waals surface area contributed by atoms with Gasteiger partial charge in [-0.25, -0.2) is 4.98 Å². The van der Waals surface area contributed by atoms with Gasteiger partial charge in [0, 0.05) is 24.2 Å². The Kier molecular flexibility index (Phi) is 6.08. The lowest BCUT2D eigenvalue weighted by Crippen LogP contribution is -2.53. The monoisotopic (exact) mass is 390 g/mol. The summed E-state index contributed by atoms with van der Waals surface area (Å²) in [6, 6.07) is 6.85. The highest BCUT2D eigenvalue weighted by molar-refractivity contribution is 7.09. The zero-order valence-corrected chi connectivity index (χ0v) is 15.9. The predicted molar refractivity (Wildman–Crippen MR) is 100 cm³/mol. The number of ether oxygens (including phenoxy) is 2. The van der Waals surface area contributed by atoms with Gasteiger partial charge in [-0.15, -0.1) is 11.3 Å². The molecule has 1 amide bonds. The van der Waals surface area contributed by atoms with Gasteiger partial charge >= 0.3 is 5.97 Å². The largest absolute Gasteiger partial charge is 0.487 e. The number of carbonyl (C=O) groups excluding carboxylic acids is 1. The Morgan fingerprint density at radius 1 is 1.37 bits per heavy atom. The summed E-state index contributed by atoms with van der Waals surface area (Å²) in [5, 5.41) is 15.1.